The van der Waals surface area contributed by atoms with Gasteiger partial charge in [-0.1, -0.05) is 30.3 Å². The monoisotopic (exact) mass is 302 g/mol. The van der Waals surface area contributed by atoms with Crippen LogP contribution in [-0.2, 0) is 16.1 Å². The fourth-order valence-corrected chi connectivity index (χ4v) is 2.99. The van der Waals surface area contributed by atoms with Gasteiger partial charge in [0, 0.05) is 25.0 Å². The van der Waals surface area contributed by atoms with Crippen LogP contribution < -0.4 is 5.32 Å². The van der Waals surface area contributed by atoms with Gasteiger partial charge in [-0.15, -0.1) is 0 Å². The summed E-state index contributed by atoms with van der Waals surface area (Å²) < 4.78 is 5.61. The second kappa shape index (κ2) is 6.85. The molecule has 1 saturated heterocycles. The Morgan fingerprint density at radius 3 is 2.95 bits per heavy atom. The molecule has 1 fully saturated rings. The smallest absolute Gasteiger partial charge is 0.254 e. The van der Waals surface area contributed by atoms with E-state index in [4.69, 9.17) is 4.74 Å². The number of benzene rings is 1. The van der Waals surface area contributed by atoms with E-state index < -0.39 is 6.10 Å². The fraction of sp³-hybridized carbons (Fsp3) is 0.312. The zero-order valence-electron chi connectivity index (χ0n) is 11.7. The molecule has 1 unspecified atom stereocenters. The highest BCUT2D eigenvalue weighted by molar-refractivity contribution is 7.08. The molecular weight excluding hydrogens is 284 g/mol. The standard InChI is InChI=1S/C16H18N2O2S/c19-16(17-14-6-9-21-12-14)15-11-18(7-8-20-15)10-13-4-2-1-3-5-13/h1-6,9,12,15H,7-8,10-11H2,(H,17,19). The van der Waals surface area contributed by atoms with Gasteiger partial charge in [0.2, 0.25) is 0 Å². The van der Waals surface area contributed by atoms with Crippen molar-refractivity contribution >= 4 is 22.9 Å². The average molecular weight is 302 g/mol. The van der Waals surface area contributed by atoms with Crippen molar-refractivity contribution in [3.8, 4) is 0 Å². The fourth-order valence-electron chi connectivity index (χ4n) is 2.40. The van der Waals surface area contributed by atoms with Crippen LogP contribution in [0, 0.1) is 0 Å². The Labute approximate surface area is 128 Å². The predicted molar refractivity (Wildman–Crippen MR) is 84.4 cm³/mol. The summed E-state index contributed by atoms with van der Waals surface area (Å²) in [5.74, 6) is -0.0637. The second-order valence-corrected chi connectivity index (χ2v) is 5.86. The molecule has 0 aliphatic carbocycles. The SMILES string of the molecule is O=C(Nc1ccsc1)C1CN(Cc2ccccc2)CCO1. The molecule has 1 aromatic heterocycles. The molecule has 1 amide bonds. The lowest BCUT2D eigenvalue weighted by Gasteiger charge is -2.32. The first-order valence-electron chi connectivity index (χ1n) is 7.02. The Balaban J connectivity index is 1.56. The third-order valence-corrected chi connectivity index (χ3v) is 4.16. The number of hydrogen-bond acceptors (Lipinski definition) is 4. The lowest BCUT2D eigenvalue weighted by molar-refractivity contribution is -0.133. The summed E-state index contributed by atoms with van der Waals surface area (Å²) >= 11 is 1.56. The highest BCUT2D eigenvalue weighted by atomic mass is 32.1. The zero-order chi connectivity index (χ0) is 14.5. The van der Waals surface area contributed by atoms with Gasteiger partial charge in [0.15, 0.2) is 0 Å². The van der Waals surface area contributed by atoms with E-state index in [1.807, 2.05) is 35.0 Å². The molecule has 110 valence electrons. The molecule has 1 aromatic carbocycles. The first-order chi connectivity index (χ1) is 10.3. The van der Waals surface area contributed by atoms with Crippen LogP contribution in [0.5, 0.6) is 0 Å². The minimum Gasteiger partial charge on any atom is -0.366 e. The van der Waals surface area contributed by atoms with E-state index in [2.05, 4.69) is 22.3 Å². The van der Waals surface area contributed by atoms with Gasteiger partial charge in [0.25, 0.3) is 5.91 Å². The van der Waals surface area contributed by atoms with Gasteiger partial charge in [-0.05, 0) is 17.0 Å². The number of anilines is 1. The van der Waals surface area contributed by atoms with Crippen molar-refractivity contribution in [2.24, 2.45) is 0 Å². The summed E-state index contributed by atoms with van der Waals surface area (Å²) in [7, 11) is 0. The Bertz CT molecular complexity index is 571. The van der Waals surface area contributed by atoms with Gasteiger partial charge in [-0.2, -0.15) is 11.3 Å². The molecule has 1 aliphatic rings. The Hall–Kier alpha value is -1.69. The predicted octanol–water partition coefficient (Wildman–Crippen LogP) is 2.59. The van der Waals surface area contributed by atoms with E-state index in [1.54, 1.807) is 11.3 Å². The maximum atomic E-state index is 12.2. The van der Waals surface area contributed by atoms with Gasteiger partial charge < -0.3 is 10.1 Å². The molecule has 0 spiro atoms. The molecule has 2 aromatic rings. The summed E-state index contributed by atoms with van der Waals surface area (Å²) in [6, 6.07) is 12.2. The maximum Gasteiger partial charge on any atom is 0.254 e. The van der Waals surface area contributed by atoms with E-state index in [-0.39, 0.29) is 5.91 Å². The molecule has 21 heavy (non-hydrogen) atoms. The van der Waals surface area contributed by atoms with Crippen molar-refractivity contribution in [1.29, 1.82) is 0 Å². The van der Waals surface area contributed by atoms with Crippen LogP contribution in [-0.4, -0.2) is 36.6 Å². The van der Waals surface area contributed by atoms with Crippen LogP contribution in [0.3, 0.4) is 0 Å². The lowest BCUT2D eigenvalue weighted by atomic mass is 10.2. The van der Waals surface area contributed by atoms with E-state index in [1.165, 1.54) is 5.56 Å². The van der Waals surface area contributed by atoms with Crippen LogP contribution in [0.1, 0.15) is 5.56 Å². The Morgan fingerprint density at radius 2 is 2.19 bits per heavy atom. The highest BCUT2D eigenvalue weighted by Crippen LogP contribution is 2.15. The maximum absolute atomic E-state index is 12.2. The van der Waals surface area contributed by atoms with Crippen molar-refractivity contribution in [2.45, 2.75) is 12.6 Å². The van der Waals surface area contributed by atoms with E-state index in [9.17, 15) is 4.79 Å². The minimum atomic E-state index is -0.401. The van der Waals surface area contributed by atoms with Crippen LogP contribution in [0.15, 0.2) is 47.2 Å². The quantitative estimate of drug-likeness (QED) is 0.944. The molecule has 0 radical (unpaired) electrons. The van der Waals surface area contributed by atoms with Crippen LogP contribution >= 0.6 is 11.3 Å². The van der Waals surface area contributed by atoms with Crippen LogP contribution in [0.25, 0.3) is 0 Å². The molecular formula is C16H18N2O2S. The number of ether oxygens (including phenoxy) is 1. The molecule has 0 saturated carbocycles. The topological polar surface area (TPSA) is 41.6 Å². The van der Waals surface area contributed by atoms with Gasteiger partial charge >= 0.3 is 0 Å². The number of carbonyl (C=O) groups excluding carboxylic acids is 1. The summed E-state index contributed by atoms with van der Waals surface area (Å²) in [5.41, 5.74) is 2.10. The van der Waals surface area contributed by atoms with Gasteiger partial charge in [0.1, 0.15) is 6.10 Å². The Morgan fingerprint density at radius 1 is 1.33 bits per heavy atom. The van der Waals surface area contributed by atoms with Crippen molar-refractivity contribution in [3.63, 3.8) is 0 Å². The highest BCUT2D eigenvalue weighted by Gasteiger charge is 2.26. The number of morpholine rings is 1. The van der Waals surface area contributed by atoms with Gasteiger partial charge in [0.05, 0.1) is 12.3 Å². The third-order valence-electron chi connectivity index (χ3n) is 3.48. The molecule has 1 aliphatic heterocycles. The molecule has 3 rings (SSSR count). The van der Waals surface area contributed by atoms with Crippen molar-refractivity contribution in [2.75, 3.05) is 25.0 Å². The number of hydrogen-bond donors (Lipinski definition) is 1. The molecule has 0 bridgehead atoms. The van der Waals surface area contributed by atoms with Crippen LogP contribution in [0.4, 0.5) is 5.69 Å². The molecule has 2 heterocycles. The molecule has 1 N–H and O–H groups in total. The lowest BCUT2D eigenvalue weighted by Crippen LogP contribution is -2.47. The largest absolute Gasteiger partial charge is 0.366 e. The van der Waals surface area contributed by atoms with Gasteiger partial charge in [-0.25, -0.2) is 0 Å². The van der Waals surface area contributed by atoms with Crippen LogP contribution in [0.2, 0.25) is 0 Å². The third kappa shape index (κ3) is 3.91. The van der Waals surface area contributed by atoms with Crippen molar-refractivity contribution in [1.82, 2.24) is 4.90 Å². The number of rotatable bonds is 4. The molecule has 4 nitrogen and oxygen atoms in total. The van der Waals surface area contributed by atoms with E-state index in [0.29, 0.717) is 13.2 Å². The number of thiophene rings is 1. The first-order valence-corrected chi connectivity index (χ1v) is 7.96. The number of nitrogens with one attached hydrogen (secondary N) is 1. The summed E-state index contributed by atoms with van der Waals surface area (Å²) in [5, 5.41) is 6.76. The summed E-state index contributed by atoms with van der Waals surface area (Å²) in [6.45, 7) is 2.93. The average Bonchev–Trinajstić information content (AvgIpc) is 3.01. The number of nitrogens with zero attached hydrogens (tertiary/aromatic N) is 1. The van der Waals surface area contributed by atoms with Crippen molar-refractivity contribution in [3.05, 3.63) is 52.7 Å². The second-order valence-electron chi connectivity index (χ2n) is 5.08. The Kier molecular flexibility index (Phi) is 4.65. The van der Waals surface area contributed by atoms with E-state index >= 15 is 0 Å². The normalized spacial score (nSPS) is 19.3. The number of amides is 1. The number of carbonyl (C=O) groups is 1. The summed E-state index contributed by atoms with van der Waals surface area (Å²) in [6.07, 6.45) is -0.401. The molecule has 1 atom stereocenters. The summed E-state index contributed by atoms with van der Waals surface area (Å²) in [4.78, 5) is 14.5. The van der Waals surface area contributed by atoms with Crippen molar-refractivity contribution < 1.29 is 9.53 Å². The van der Waals surface area contributed by atoms with Gasteiger partial charge in [-0.3, -0.25) is 9.69 Å². The minimum absolute atomic E-state index is 0.0637. The zero-order valence-corrected chi connectivity index (χ0v) is 12.5. The first kappa shape index (κ1) is 14.3. The molecule has 5 heteroatoms. The van der Waals surface area contributed by atoms with E-state index in [0.717, 1.165) is 18.8 Å².